The van der Waals surface area contributed by atoms with Crippen LogP contribution in [0.25, 0.3) is 5.70 Å². The molecule has 0 saturated carbocycles. The summed E-state index contributed by atoms with van der Waals surface area (Å²) in [5, 5.41) is 0. The van der Waals surface area contributed by atoms with Crippen LogP contribution in [0.15, 0.2) is 40.4 Å². The zero-order valence-corrected chi connectivity index (χ0v) is 15.7. The number of aromatic amines is 1. The van der Waals surface area contributed by atoms with Gasteiger partial charge in [0.05, 0.1) is 5.56 Å². The van der Waals surface area contributed by atoms with Gasteiger partial charge in [0.15, 0.2) is 5.82 Å². The first kappa shape index (κ1) is 18.3. The number of aromatic nitrogens is 3. The molecule has 2 aromatic heterocycles. The number of anilines is 1. The number of fused-ring (bicyclic) bond motifs is 1. The van der Waals surface area contributed by atoms with Gasteiger partial charge in [0.1, 0.15) is 11.5 Å². The standard InChI is InChI=1S/C21H23N5O2/c27-18(10-3-6-15-7-4-11-22-14-15)26-13-5-8-16-20(26)24-19(25-21(16)28)17-9-1-2-12-23-17/h4,7,9,11-12,14H,1-3,5-6,8,10,13H2,(H,24,25,28). The molecule has 0 unspecified atom stereocenters. The van der Waals surface area contributed by atoms with Gasteiger partial charge in [-0.2, -0.15) is 0 Å². The molecule has 0 bridgehead atoms. The van der Waals surface area contributed by atoms with E-state index in [4.69, 9.17) is 0 Å². The van der Waals surface area contributed by atoms with Crippen molar-refractivity contribution in [1.29, 1.82) is 0 Å². The topological polar surface area (TPSA) is 91.3 Å². The first-order valence-corrected chi connectivity index (χ1v) is 9.78. The maximum absolute atomic E-state index is 12.9. The molecule has 144 valence electrons. The molecule has 28 heavy (non-hydrogen) atoms. The number of rotatable bonds is 5. The Kier molecular flexibility index (Phi) is 5.41. The Morgan fingerprint density at radius 1 is 1.29 bits per heavy atom. The number of carbonyl (C=O) groups is 1. The van der Waals surface area contributed by atoms with Gasteiger partial charge in [-0.3, -0.25) is 24.5 Å². The van der Waals surface area contributed by atoms with Crippen LogP contribution < -0.4 is 10.5 Å². The SMILES string of the molecule is O=C(CCCc1cccnc1)N1CCCc2c1nc(C1=CCCC=N1)[nH]c2=O. The van der Waals surface area contributed by atoms with Crippen LogP contribution in [0.2, 0.25) is 0 Å². The molecule has 1 N–H and O–H groups in total. The van der Waals surface area contributed by atoms with E-state index >= 15 is 0 Å². The van der Waals surface area contributed by atoms with Crippen molar-refractivity contribution >= 4 is 23.6 Å². The molecule has 2 aliphatic rings. The number of carbonyl (C=O) groups excluding carboxylic acids is 1. The van der Waals surface area contributed by atoms with Gasteiger partial charge in [0.25, 0.3) is 5.56 Å². The number of aliphatic imine (C=N–C) groups is 1. The van der Waals surface area contributed by atoms with Gasteiger partial charge in [0.2, 0.25) is 5.91 Å². The Morgan fingerprint density at radius 2 is 2.21 bits per heavy atom. The third-order valence-electron chi connectivity index (χ3n) is 5.04. The molecular weight excluding hydrogens is 354 g/mol. The minimum Gasteiger partial charge on any atom is -0.305 e. The fraction of sp³-hybridized carbons (Fsp3) is 0.381. The van der Waals surface area contributed by atoms with Crippen molar-refractivity contribution in [2.45, 2.75) is 44.9 Å². The second-order valence-electron chi connectivity index (χ2n) is 7.06. The minimum atomic E-state index is -0.172. The quantitative estimate of drug-likeness (QED) is 0.867. The molecule has 7 heteroatoms. The monoisotopic (exact) mass is 377 g/mol. The lowest BCUT2D eigenvalue weighted by Crippen LogP contribution is -2.39. The average Bonchev–Trinajstić information content (AvgIpc) is 2.74. The molecule has 0 aliphatic carbocycles. The van der Waals surface area contributed by atoms with Crippen molar-refractivity contribution in [3.05, 3.63) is 57.9 Å². The van der Waals surface area contributed by atoms with Gasteiger partial charge < -0.3 is 4.98 Å². The van der Waals surface area contributed by atoms with Crippen LogP contribution in [0.4, 0.5) is 5.82 Å². The number of H-pyrrole nitrogens is 1. The number of nitrogens with zero attached hydrogens (tertiary/aromatic N) is 4. The second-order valence-corrected chi connectivity index (χ2v) is 7.06. The number of pyridine rings is 1. The Labute approximate surface area is 163 Å². The van der Waals surface area contributed by atoms with E-state index in [-0.39, 0.29) is 11.5 Å². The fourth-order valence-electron chi connectivity index (χ4n) is 3.61. The molecule has 2 aromatic rings. The molecule has 4 heterocycles. The zero-order chi connectivity index (χ0) is 19.3. The third kappa shape index (κ3) is 3.93. The van der Waals surface area contributed by atoms with Crippen LogP contribution >= 0.6 is 0 Å². The number of aryl methyl sites for hydroxylation is 1. The van der Waals surface area contributed by atoms with E-state index in [1.165, 1.54) is 0 Å². The maximum Gasteiger partial charge on any atom is 0.256 e. The summed E-state index contributed by atoms with van der Waals surface area (Å²) in [5.41, 5.74) is 2.21. The van der Waals surface area contributed by atoms with Gasteiger partial charge in [-0.25, -0.2) is 4.98 Å². The van der Waals surface area contributed by atoms with Crippen LogP contribution in [-0.4, -0.2) is 33.6 Å². The van der Waals surface area contributed by atoms with Crippen LogP contribution in [-0.2, 0) is 17.6 Å². The Bertz CT molecular complexity index is 978. The van der Waals surface area contributed by atoms with Gasteiger partial charge >= 0.3 is 0 Å². The van der Waals surface area contributed by atoms with Crippen molar-refractivity contribution in [2.75, 3.05) is 11.4 Å². The predicted molar refractivity (Wildman–Crippen MR) is 108 cm³/mol. The van der Waals surface area contributed by atoms with Gasteiger partial charge in [-0.05, 0) is 50.2 Å². The molecule has 7 nitrogen and oxygen atoms in total. The van der Waals surface area contributed by atoms with Crippen LogP contribution in [0.5, 0.6) is 0 Å². The molecule has 1 amide bonds. The molecule has 0 aromatic carbocycles. The summed E-state index contributed by atoms with van der Waals surface area (Å²) < 4.78 is 0. The first-order chi connectivity index (χ1) is 13.7. The maximum atomic E-state index is 12.9. The molecule has 2 aliphatic heterocycles. The summed E-state index contributed by atoms with van der Waals surface area (Å²) in [6.45, 7) is 0.594. The largest absolute Gasteiger partial charge is 0.305 e. The highest BCUT2D eigenvalue weighted by Crippen LogP contribution is 2.25. The Balaban J connectivity index is 1.53. The summed E-state index contributed by atoms with van der Waals surface area (Å²) in [4.78, 5) is 43.0. The summed E-state index contributed by atoms with van der Waals surface area (Å²) in [7, 11) is 0. The summed E-state index contributed by atoms with van der Waals surface area (Å²) in [6, 6.07) is 3.91. The number of nitrogens with one attached hydrogen (secondary N) is 1. The van der Waals surface area contributed by atoms with Gasteiger partial charge in [-0.15, -0.1) is 0 Å². The highest BCUT2D eigenvalue weighted by Gasteiger charge is 2.27. The highest BCUT2D eigenvalue weighted by atomic mass is 16.2. The zero-order valence-electron chi connectivity index (χ0n) is 15.7. The smallest absolute Gasteiger partial charge is 0.256 e. The van der Waals surface area contributed by atoms with E-state index in [1.807, 2.05) is 30.6 Å². The third-order valence-corrected chi connectivity index (χ3v) is 5.04. The minimum absolute atomic E-state index is 0.00927. The summed E-state index contributed by atoms with van der Waals surface area (Å²) in [6.07, 6.45) is 12.5. The Hall–Kier alpha value is -3.09. The molecule has 0 spiro atoms. The lowest BCUT2D eigenvalue weighted by Gasteiger charge is -2.28. The van der Waals surface area contributed by atoms with E-state index in [1.54, 1.807) is 11.1 Å². The van der Waals surface area contributed by atoms with Crippen molar-refractivity contribution in [3.63, 3.8) is 0 Å². The number of hydrogen-bond acceptors (Lipinski definition) is 5. The number of hydrogen-bond donors (Lipinski definition) is 1. The summed E-state index contributed by atoms with van der Waals surface area (Å²) >= 11 is 0. The number of allylic oxidation sites excluding steroid dienone is 1. The second kappa shape index (κ2) is 8.29. The van der Waals surface area contributed by atoms with Crippen LogP contribution in [0.3, 0.4) is 0 Å². The lowest BCUT2D eigenvalue weighted by molar-refractivity contribution is -0.118. The van der Waals surface area contributed by atoms with Gasteiger partial charge in [-0.1, -0.05) is 12.1 Å². The van der Waals surface area contributed by atoms with E-state index in [2.05, 4.69) is 19.9 Å². The van der Waals surface area contributed by atoms with Crippen molar-refractivity contribution in [1.82, 2.24) is 15.0 Å². The van der Waals surface area contributed by atoms with Crippen molar-refractivity contribution in [2.24, 2.45) is 4.99 Å². The van der Waals surface area contributed by atoms with Gasteiger partial charge in [0, 0.05) is 31.6 Å². The van der Waals surface area contributed by atoms with Crippen LogP contribution in [0.1, 0.15) is 49.1 Å². The molecule has 0 atom stereocenters. The molecule has 0 saturated heterocycles. The number of amides is 1. The van der Waals surface area contributed by atoms with E-state index in [0.717, 1.165) is 37.7 Å². The molecule has 4 rings (SSSR count). The molecular formula is C21H23N5O2. The highest BCUT2D eigenvalue weighted by molar-refractivity contribution is 5.93. The average molecular weight is 377 g/mol. The van der Waals surface area contributed by atoms with Crippen molar-refractivity contribution in [3.8, 4) is 0 Å². The lowest BCUT2D eigenvalue weighted by atomic mass is 10.0. The van der Waals surface area contributed by atoms with E-state index in [0.29, 0.717) is 42.3 Å². The fourth-order valence-corrected chi connectivity index (χ4v) is 3.61. The first-order valence-electron chi connectivity index (χ1n) is 9.78. The van der Waals surface area contributed by atoms with Crippen molar-refractivity contribution < 1.29 is 4.79 Å². The molecule has 0 radical (unpaired) electrons. The molecule has 0 fully saturated rings. The predicted octanol–water partition coefficient (Wildman–Crippen LogP) is 2.67. The van der Waals surface area contributed by atoms with E-state index in [9.17, 15) is 9.59 Å². The van der Waals surface area contributed by atoms with Crippen LogP contribution in [0, 0.1) is 0 Å². The summed E-state index contributed by atoms with van der Waals surface area (Å²) in [5.74, 6) is 0.947. The Morgan fingerprint density at radius 3 is 3.00 bits per heavy atom. The normalized spacial score (nSPS) is 15.9. The van der Waals surface area contributed by atoms with E-state index < -0.39 is 0 Å².